The van der Waals surface area contributed by atoms with Crippen molar-refractivity contribution in [1.29, 1.82) is 0 Å². The van der Waals surface area contributed by atoms with Crippen molar-refractivity contribution in [1.82, 2.24) is 10.2 Å². The summed E-state index contributed by atoms with van der Waals surface area (Å²) < 4.78 is 1.08. The van der Waals surface area contributed by atoms with Crippen LogP contribution in [-0.2, 0) is 6.54 Å². The zero-order valence-corrected chi connectivity index (χ0v) is 11.4. The van der Waals surface area contributed by atoms with Gasteiger partial charge < -0.3 is 10.2 Å². The van der Waals surface area contributed by atoms with Gasteiger partial charge in [-0.3, -0.25) is 0 Å². The van der Waals surface area contributed by atoms with E-state index in [1.54, 1.807) is 11.3 Å². The zero-order valence-electron chi connectivity index (χ0n) is 9.04. The Hall–Kier alpha value is -0.550. The van der Waals surface area contributed by atoms with Crippen LogP contribution in [0.3, 0.4) is 0 Å². The van der Waals surface area contributed by atoms with E-state index in [-0.39, 0.29) is 6.03 Å². The third-order valence-corrected chi connectivity index (χ3v) is 4.66. The van der Waals surface area contributed by atoms with Gasteiger partial charge in [-0.25, -0.2) is 4.79 Å². The first kappa shape index (κ1) is 11.9. The van der Waals surface area contributed by atoms with E-state index in [0.717, 1.165) is 30.4 Å². The quantitative estimate of drug-likeness (QED) is 0.894. The molecule has 1 aliphatic rings. The Morgan fingerprint density at radius 1 is 1.44 bits per heavy atom. The monoisotopic (exact) mass is 302 g/mol. The van der Waals surface area contributed by atoms with E-state index in [2.05, 4.69) is 21.2 Å². The molecule has 88 valence electrons. The zero-order chi connectivity index (χ0) is 11.4. The third kappa shape index (κ3) is 2.98. The maximum Gasteiger partial charge on any atom is 0.317 e. The molecule has 1 aromatic rings. The van der Waals surface area contributed by atoms with Crippen molar-refractivity contribution in [3.05, 3.63) is 20.8 Å². The molecule has 1 fully saturated rings. The van der Waals surface area contributed by atoms with Crippen LogP contribution in [0.25, 0.3) is 0 Å². The van der Waals surface area contributed by atoms with Gasteiger partial charge in [-0.1, -0.05) is 0 Å². The molecule has 2 heterocycles. The highest BCUT2D eigenvalue weighted by atomic mass is 79.9. The number of halogens is 1. The fraction of sp³-hybridized carbons (Fsp3) is 0.545. The summed E-state index contributed by atoms with van der Waals surface area (Å²) in [6.07, 6.45) is 3.52. The fourth-order valence-electron chi connectivity index (χ4n) is 1.82. The Balaban J connectivity index is 1.81. The average molecular weight is 303 g/mol. The minimum atomic E-state index is 0.0694. The average Bonchev–Trinajstić information content (AvgIpc) is 2.73. The molecule has 1 saturated heterocycles. The number of likely N-dealkylation sites (tertiary alicyclic amines) is 1. The number of piperidine rings is 1. The van der Waals surface area contributed by atoms with E-state index in [9.17, 15) is 4.79 Å². The Morgan fingerprint density at radius 2 is 2.19 bits per heavy atom. The van der Waals surface area contributed by atoms with Gasteiger partial charge in [0.2, 0.25) is 0 Å². The van der Waals surface area contributed by atoms with Crippen molar-refractivity contribution in [2.24, 2.45) is 0 Å². The van der Waals surface area contributed by atoms with Crippen LogP contribution in [0, 0.1) is 0 Å². The molecular formula is C11H15BrN2OS. The standard InChI is InChI=1S/C11H15BrN2OS/c12-9-4-7-16-10(9)8-13-11(15)14-5-2-1-3-6-14/h4,7H,1-3,5-6,8H2,(H,13,15). The highest BCUT2D eigenvalue weighted by Crippen LogP contribution is 2.22. The highest BCUT2D eigenvalue weighted by Gasteiger charge is 2.16. The van der Waals surface area contributed by atoms with Crippen molar-refractivity contribution >= 4 is 33.3 Å². The second-order valence-electron chi connectivity index (χ2n) is 3.90. The number of nitrogens with zero attached hydrogens (tertiary/aromatic N) is 1. The van der Waals surface area contributed by atoms with Crippen LogP contribution >= 0.6 is 27.3 Å². The summed E-state index contributed by atoms with van der Waals surface area (Å²) in [4.78, 5) is 14.9. The summed E-state index contributed by atoms with van der Waals surface area (Å²) in [6.45, 7) is 2.42. The SMILES string of the molecule is O=C(NCc1sccc1Br)N1CCCCC1. The number of nitrogens with one attached hydrogen (secondary N) is 1. The molecule has 0 aliphatic carbocycles. The number of amides is 2. The van der Waals surface area contributed by atoms with Gasteiger partial charge in [-0.2, -0.15) is 0 Å². The molecule has 0 saturated carbocycles. The smallest absolute Gasteiger partial charge is 0.317 e. The second kappa shape index (κ2) is 5.68. The predicted molar refractivity (Wildman–Crippen MR) is 69.7 cm³/mol. The summed E-state index contributed by atoms with van der Waals surface area (Å²) in [5.74, 6) is 0. The van der Waals surface area contributed by atoms with Crippen LogP contribution < -0.4 is 5.32 Å². The van der Waals surface area contributed by atoms with Crippen LogP contribution in [0.4, 0.5) is 4.79 Å². The van der Waals surface area contributed by atoms with Gasteiger partial charge in [0, 0.05) is 22.4 Å². The minimum absolute atomic E-state index is 0.0694. The normalized spacial score (nSPS) is 16.2. The Kier molecular flexibility index (Phi) is 4.23. The second-order valence-corrected chi connectivity index (χ2v) is 5.75. The van der Waals surface area contributed by atoms with Gasteiger partial charge >= 0.3 is 6.03 Å². The van der Waals surface area contributed by atoms with E-state index in [1.807, 2.05) is 16.3 Å². The van der Waals surface area contributed by atoms with Gasteiger partial charge in [-0.05, 0) is 46.6 Å². The van der Waals surface area contributed by atoms with Crippen molar-refractivity contribution in [3.8, 4) is 0 Å². The summed E-state index contributed by atoms with van der Waals surface area (Å²) >= 11 is 5.12. The van der Waals surface area contributed by atoms with Gasteiger partial charge in [0.15, 0.2) is 0 Å². The lowest BCUT2D eigenvalue weighted by molar-refractivity contribution is 0.186. The number of hydrogen-bond donors (Lipinski definition) is 1. The topological polar surface area (TPSA) is 32.3 Å². The number of hydrogen-bond acceptors (Lipinski definition) is 2. The van der Waals surface area contributed by atoms with Crippen LogP contribution in [0.15, 0.2) is 15.9 Å². The van der Waals surface area contributed by atoms with Gasteiger partial charge in [-0.15, -0.1) is 11.3 Å². The van der Waals surface area contributed by atoms with Gasteiger partial charge in [0.1, 0.15) is 0 Å². The fourth-order valence-corrected chi connectivity index (χ4v) is 3.25. The Labute approximate surface area is 108 Å². The first-order chi connectivity index (χ1) is 7.77. The van der Waals surface area contributed by atoms with Gasteiger partial charge in [0.05, 0.1) is 6.54 Å². The van der Waals surface area contributed by atoms with Crippen LogP contribution in [-0.4, -0.2) is 24.0 Å². The van der Waals surface area contributed by atoms with Gasteiger partial charge in [0.25, 0.3) is 0 Å². The van der Waals surface area contributed by atoms with Crippen molar-refractivity contribution in [2.45, 2.75) is 25.8 Å². The molecule has 1 aliphatic heterocycles. The summed E-state index contributed by atoms with van der Waals surface area (Å²) in [7, 11) is 0. The van der Waals surface area contributed by atoms with E-state index in [4.69, 9.17) is 0 Å². The molecule has 0 aromatic carbocycles. The lowest BCUT2D eigenvalue weighted by atomic mass is 10.1. The summed E-state index contributed by atoms with van der Waals surface area (Å²) in [5.41, 5.74) is 0. The third-order valence-electron chi connectivity index (χ3n) is 2.73. The number of carbonyl (C=O) groups is 1. The number of thiophene rings is 1. The maximum absolute atomic E-state index is 11.8. The first-order valence-corrected chi connectivity index (χ1v) is 7.19. The van der Waals surface area contributed by atoms with E-state index >= 15 is 0 Å². The van der Waals surface area contributed by atoms with E-state index < -0.39 is 0 Å². The molecule has 1 aromatic heterocycles. The van der Waals surface area contributed by atoms with Crippen LogP contribution in [0.5, 0.6) is 0 Å². The molecule has 0 atom stereocenters. The Morgan fingerprint density at radius 3 is 2.81 bits per heavy atom. The number of carbonyl (C=O) groups excluding carboxylic acids is 1. The molecule has 3 nitrogen and oxygen atoms in total. The van der Waals surface area contributed by atoms with Crippen LogP contribution in [0.2, 0.25) is 0 Å². The Bertz CT molecular complexity index is 361. The maximum atomic E-state index is 11.8. The summed E-state index contributed by atoms with van der Waals surface area (Å²) in [6, 6.07) is 2.08. The molecule has 0 unspecified atom stereocenters. The van der Waals surface area contributed by atoms with Crippen molar-refractivity contribution in [3.63, 3.8) is 0 Å². The van der Waals surface area contributed by atoms with Crippen molar-refractivity contribution in [2.75, 3.05) is 13.1 Å². The first-order valence-electron chi connectivity index (χ1n) is 5.52. The molecule has 2 amide bonds. The molecule has 16 heavy (non-hydrogen) atoms. The molecule has 2 rings (SSSR count). The lowest BCUT2D eigenvalue weighted by Gasteiger charge is -2.26. The molecule has 0 spiro atoms. The largest absolute Gasteiger partial charge is 0.333 e. The lowest BCUT2D eigenvalue weighted by Crippen LogP contribution is -2.42. The highest BCUT2D eigenvalue weighted by molar-refractivity contribution is 9.10. The molecule has 0 bridgehead atoms. The number of urea groups is 1. The molecule has 0 radical (unpaired) electrons. The summed E-state index contributed by atoms with van der Waals surface area (Å²) in [5, 5.41) is 4.98. The minimum Gasteiger partial charge on any atom is -0.333 e. The molecule has 1 N–H and O–H groups in total. The van der Waals surface area contributed by atoms with Crippen molar-refractivity contribution < 1.29 is 4.79 Å². The molecular weight excluding hydrogens is 288 g/mol. The predicted octanol–water partition coefficient (Wildman–Crippen LogP) is 3.21. The molecule has 5 heteroatoms. The number of rotatable bonds is 2. The van der Waals surface area contributed by atoms with Crippen LogP contribution in [0.1, 0.15) is 24.1 Å². The van der Waals surface area contributed by atoms with E-state index in [1.165, 1.54) is 11.3 Å². The van der Waals surface area contributed by atoms with E-state index in [0.29, 0.717) is 6.54 Å².